The molecule has 7 nitrogen and oxygen atoms in total. The molecule has 0 aromatic heterocycles. The van der Waals surface area contributed by atoms with Crippen LogP contribution in [0.4, 0.5) is 0 Å². The van der Waals surface area contributed by atoms with Crippen molar-refractivity contribution in [3.8, 4) is 11.5 Å². The summed E-state index contributed by atoms with van der Waals surface area (Å²) in [5.74, 6) is 0.899. The number of amides is 1. The summed E-state index contributed by atoms with van der Waals surface area (Å²) in [7, 11) is -3.25. The lowest BCUT2D eigenvalue weighted by atomic mass is 9.91. The van der Waals surface area contributed by atoms with Crippen LogP contribution in [0.25, 0.3) is 0 Å². The summed E-state index contributed by atoms with van der Waals surface area (Å²) in [4.78, 5) is 15.0. The van der Waals surface area contributed by atoms with E-state index in [2.05, 4.69) is 0 Å². The fourth-order valence-electron chi connectivity index (χ4n) is 4.17. The molecular formula is C22H26N2O5S. The number of hydrogen-bond acceptors (Lipinski definition) is 5. The Morgan fingerprint density at radius 2 is 1.83 bits per heavy atom. The second kappa shape index (κ2) is 8.02. The lowest BCUT2D eigenvalue weighted by molar-refractivity contribution is -0.134. The van der Waals surface area contributed by atoms with Crippen molar-refractivity contribution < 1.29 is 23.4 Å². The summed E-state index contributed by atoms with van der Waals surface area (Å²) in [5.41, 5.74) is 1.16. The molecule has 0 aliphatic carbocycles. The minimum Gasteiger partial charge on any atom is -0.598 e. The zero-order valence-corrected chi connectivity index (χ0v) is 17.8. The predicted molar refractivity (Wildman–Crippen MR) is 113 cm³/mol. The van der Waals surface area contributed by atoms with Crippen LogP contribution in [0.3, 0.4) is 0 Å². The molecule has 2 heterocycles. The first-order chi connectivity index (χ1) is 14.2. The van der Waals surface area contributed by atoms with Crippen molar-refractivity contribution in [1.29, 1.82) is 0 Å². The summed E-state index contributed by atoms with van der Waals surface area (Å²) in [6.45, 7) is 1.61. The third-order valence-corrected chi connectivity index (χ3v) is 7.19. The number of carbonyl (C=O) groups excluding carboxylic acids is 1. The number of para-hydroxylation sites is 1. The molecule has 0 saturated carbocycles. The molecule has 2 aromatic rings. The van der Waals surface area contributed by atoms with Crippen LogP contribution in [-0.2, 0) is 32.4 Å². The Morgan fingerprint density at radius 3 is 2.50 bits per heavy atom. The maximum Gasteiger partial charge on any atom is 0.227 e. The second-order valence-electron chi connectivity index (χ2n) is 8.15. The van der Waals surface area contributed by atoms with E-state index in [0.717, 1.165) is 16.9 Å². The molecule has 1 N–H and O–H groups in total. The van der Waals surface area contributed by atoms with Crippen molar-refractivity contribution in [2.45, 2.75) is 31.4 Å². The molecule has 1 saturated heterocycles. The number of phenolic OH excluding ortho intramolecular Hbond substituents is 1. The molecule has 2 aliphatic rings. The molecule has 1 atom stereocenters. The SMILES string of the molecule is C[S+](=O)([O-])N1CCC2(CC1)CN(C(=O)Cc1ccc(O)cc1)Cc1ccccc1O2. The van der Waals surface area contributed by atoms with Gasteiger partial charge in [-0.25, -0.2) is 0 Å². The van der Waals surface area contributed by atoms with E-state index in [9.17, 15) is 18.7 Å². The fourth-order valence-corrected chi connectivity index (χ4v) is 5.02. The fraction of sp³-hybridized carbons (Fsp3) is 0.409. The Bertz CT molecular complexity index is 964. The van der Waals surface area contributed by atoms with Gasteiger partial charge >= 0.3 is 0 Å². The Morgan fingerprint density at radius 1 is 1.17 bits per heavy atom. The molecule has 1 fully saturated rings. The van der Waals surface area contributed by atoms with Crippen molar-refractivity contribution in [2.75, 3.05) is 25.9 Å². The van der Waals surface area contributed by atoms with Gasteiger partial charge in [-0.3, -0.25) is 4.79 Å². The van der Waals surface area contributed by atoms with Crippen LogP contribution in [0.1, 0.15) is 24.0 Å². The van der Waals surface area contributed by atoms with Gasteiger partial charge in [0.25, 0.3) is 0 Å². The summed E-state index contributed by atoms with van der Waals surface area (Å²) in [6.07, 6.45) is 2.50. The van der Waals surface area contributed by atoms with Gasteiger partial charge in [-0.2, -0.15) is 0 Å². The van der Waals surface area contributed by atoms with E-state index in [0.29, 0.717) is 39.0 Å². The average molecular weight is 431 g/mol. The lowest BCUT2D eigenvalue weighted by Crippen LogP contribution is -2.55. The molecule has 1 unspecified atom stereocenters. The number of phenols is 1. The molecule has 1 spiro atoms. The number of carbonyl (C=O) groups is 1. The number of benzene rings is 2. The highest BCUT2D eigenvalue weighted by molar-refractivity contribution is 7.94. The van der Waals surface area contributed by atoms with Crippen LogP contribution >= 0.6 is 0 Å². The number of hydrogen-bond donors (Lipinski definition) is 1. The minimum absolute atomic E-state index is 0.0223. The van der Waals surface area contributed by atoms with Crippen LogP contribution in [-0.4, -0.2) is 56.3 Å². The van der Waals surface area contributed by atoms with Gasteiger partial charge in [0.2, 0.25) is 5.91 Å². The van der Waals surface area contributed by atoms with E-state index in [-0.39, 0.29) is 18.1 Å². The molecular weight excluding hydrogens is 404 g/mol. The van der Waals surface area contributed by atoms with E-state index < -0.39 is 16.0 Å². The molecule has 0 bridgehead atoms. The zero-order chi connectivity index (χ0) is 21.4. The third-order valence-electron chi connectivity index (χ3n) is 5.89. The van der Waals surface area contributed by atoms with Crippen LogP contribution in [0, 0.1) is 0 Å². The molecule has 0 radical (unpaired) electrons. The summed E-state index contributed by atoms with van der Waals surface area (Å²) >= 11 is 0. The highest BCUT2D eigenvalue weighted by atomic mass is 32.3. The first kappa shape index (κ1) is 20.8. The Kier molecular flexibility index (Phi) is 5.57. The molecule has 2 aliphatic heterocycles. The number of nitrogens with zero attached hydrogens (tertiary/aromatic N) is 2. The highest BCUT2D eigenvalue weighted by Crippen LogP contribution is 2.36. The maximum atomic E-state index is 13.2. The van der Waals surface area contributed by atoms with Gasteiger partial charge in [0.15, 0.2) is 0 Å². The third kappa shape index (κ3) is 4.50. The van der Waals surface area contributed by atoms with Crippen molar-refractivity contribution in [3.05, 3.63) is 59.7 Å². The van der Waals surface area contributed by atoms with E-state index in [1.165, 1.54) is 10.6 Å². The standard InChI is InChI=1S/C22H26N2O5S/c1-30(27,28)24-12-10-22(11-13-24)16-23(15-18-4-2-3-5-20(18)29-22)21(26)14-17-6-8-19(25)9-7-17/h2-9H,10-16H2,1H3,(H-,25,27,28). The first-order valence-electron chi connectivity index (χ1n) is 10.0. The molecule has 1 amide bonds. The van der Waals surface area contributed by atoms with Gasteiger partial charge in [0.1, 0.15) is 33.8 Å². The number of fused-ring (bicyclic) bond motifs is 1. The van der Waals surface area contributed by atoms with Crippen LogP contribution in [0.15, 0.2) is 48.5 Å². The molecule has 8 heteroatoms. The highest BCUT2D eigenvalue weighted by Gasteiger charge is 2.44. The van der Waals surface area contributed by atoms with Crippen LogP contribution < -0.4 is 4.74 Å². The van der Waals surface area contributed by atoms with Crippen molar-refractivity contribution in [1.82, 2.24) is 9.21 Å². The van der Waals surface area contributed by atoms with Crippen LogP contribution in [0.2, 0.25) is 0 Å². The topological polar surface area (TPSA) is 93.1 Å². The van der Waals surface area contributed by atoms with Gasteiger partial charge in [-0.05, 0) is 23.8 Å². The Hall–Kier alpha value is -2.42. The molecule has 4 rings (SSSR count). The summed E-state index contributed by atoms with van der Waals surface area (Å²) in [5, 5.41) is 9.47. The Labute approximate surface area is 177 Å². The van der Waals surface area contributed by atoms with Gasteiger partial charge in [-0.1, -0.05) is 34.5 Å². The van der Waals surface area contributed by atoms with Crippen molar-refractivity contribution in [2.24, 2.45) is 0 Å². The number of ether oxygens (including phenoxy) is 1. The number of piperidine rings is 1. The van der Waals surface area contributed by atoms with E-state index >= 15 is 0 Å². The molecule has 160 valence electrons. The molecule has 30 heavy (non-hydrogen) atoms. The van der Waals surface area contributed by atoms with Gasteiger partial charge in [0, 0.05) is 38.0 Å². The van der Waals surface area contributed by atoms with Crippen LogP contribution in [0.5, 0.6) is 11.5 Å². The van der Waals surface area contributed by atoms with Gasteiger partial charge in [-0.15, -0.1) is 4.31 Å². The van der Waals surface area contributed by atoms with Crippen molar-refractivity contribution in [3.63, 3.8) is 0 Å². The van der Waals surface area contributed by atoms with Crippen molar-refractivity contribution >= 4 is 16.3 Å². The number of aromatic hydroxyl groups is 1. The van der Waals surface area contributed by atoms with E-state index in [4.69, 9.17) is 4.74 Å². The van der Waals surface area contributed by atoms with Gasteiger partial charge < -0.3 is 19.3 Å². The van der Waals surface area contributed by atoms with Gasteiger partial charge in [0.05, 0.1) is 13.0 Å². The van der Waals surface area contributed by atoms with E-state index in [1.54, 1.807) is 24.3 Å². The molecule has 2 aromatic carbocycles. The minimum atomic E-state index is -3.25. The lowest BCUT2D eigenvalue weighted by Gasteiger charge is -2.42. The quantitative estimate of drug-likeness (QED) is 0.755. The smallest absolute Gasteiger partial charge is 0.227 e. The largest absolute Gasteiger partial charge is 0.598 e. The predicted octanol–water partition coefficient (Wildman–Crippen LogP) is 2.37. The maximum absolute atomic E-state index is 13.2. The number of sulfonamides is 1. The van der Waals surface area contributed by atoms with E-state index in [1.807, 2.05) is 29.2 Å². The monoisotopic (exact) mass is 430 g/mol. The first-order valence-corrected chi connectivity index (χ1v) is 11.9. The summed E-state index contributed by atoms with van der Waals surface area (Å²) < 4.78 is 31.8. The number of rotatable bonds is 3. The second-order valence-corrected chi connectivity index (χ2v) is 10.1. The summed E-state index contributed by atoms with van der Waals surface area (Å²) in [6, 6.07) is 14.3. The normalized spacial score (nSPS) is 20.7. The zero-order valence-electron chi connectivity index (χ0n) is 17.0. The average Bonchev–Trinajstić information content (AvgIpc) is 2.86. The Balaban J connectivity index is 1.57.